The largest absolute Gasteiger partial charge is 0.480 e. The van der Waals surface area contributed by atoms with E-state index in [0.29, 0.717) is 12.2 Å². The van der Waals surface area contributed by atoms with Crippen molar-refractivity contribution < 1.29 is 14.7 Å². The van der Waals surface area contributed by atoms with E-state index in [1.165, 1.54) is 0 Å². The minimum Gasteiger partial charge on any atom is -0.480 e. The third-order valence-corrected chi connectivity index (χ3v) is 3.03. The number of nitrogens with one attached hydrogen (secondary N) is 1. The summed E-state index contributed by atoms with van der Waals surface area (Å²) in [7, 11) is 0. The maximum atomic E-state index is 11.0. The number of carboxylic acids is 1. The van der Waals surface area contributed by atoms with Crippen molar-refractivity contribution in [2.45, 2.75) is 39.2 Å². The zero-order chi connectivity index (χ0) is 11.7. The molecule has 2 N–H and O–H groups in total. The van der Waals surface area contributed by atoms with Crippen molar-refractivity contribution in [1.29, 1.82) is 0 Å². The quantitative estimate of drug-likeness (QED) is 0.623. The average Bonchev–Trinajstić information content (AvgIpc) is 2.21. The molecule has 0 aliphatic carbocycles. The number of hydrogen-bond acceptors (Lipinski definition) is 3. The Balaban J connectivity index is 3.84. The Labute approximate surface area is 94.8 Å². The standard InChI is InChI=1S/C10H19NO3S/c1-3-5-6-15-7-8(10(13)14)11-9(12)4-2/h8H,3-7H2,1-2H3,(H,11,12)(H,13,14). The summed E-state index contributed by atoms with van der Waals surface area (Å²) >= 11 is 1.57. The number of carbonyl (C=O) groups is 2. The summed E-state index contributed by atoms with van der Waals surface area (Å²) in [6, 6.07) is -0.751. The molecule has 0 aliphatic rings. The van der Waals surface area contributed by atoms with Gasteiger partial charge >= 0.3 is 5.97 Å². The summed E-state index contributed by atoms with van der Waals surface area (Å²) in [6.45, 7) is 3.80. The summed E-state index contributed by atoms with van der Waals surface area (Å²) in [5.74, 6) is 0.225. The van der Waals surface area contributed by atoms with Crippen molar-refractivity contribution in [1.82, 2.24) is 5.32 Å². The molecule has 88 valence electrons. The van der Waals surface area contributed by atoms with Gasteiger partial charge in [0, 0.05) is 12.2 Å². The zero-order valence-corrected chi connectivity index (χ0v) is 10.1. The molecule has 15 heavy (non-hydrogen) atoms. The van der Waals surface area contributed by atoms with Crippen LogP contribution < -0.4 is 5.32 Å². The van der Waals surface area contributed by atoms with E-state index in [4.69, 9.17) is 5.11 Å². The van der Waals surface area contributed by atoms with Gasteiger partial charge in [-0.25, -0.2) is 4.79 Å². The van der Waals surface area contributed by atoms with Crippen molar-refractivity contribution in [3.8, 4) is 0 Å². The van der Waals surface area contributed by atoms with Crippen LogP contribution in [0.4, 0.5) is 0 Å². The van der Waals surface area contributed by atoms with Crippen molar-refractivity contribution in [2.24, 2.45) is 0 Å². The first-order chi connectivity index (χ1) is 7.11. The molecule has 1 unspecified atom stereocenters. The molecule has 0 rings (SSSR count). The van der Waals surface area contributed by atoms with Gasteiger partial charge in [-0.2, -0.15) is 11.8 Å². The van der Waals surface area contributed by atoms with Crippen LogP contribution >= 0.6 is 11.8 Å². The minimum atomic E-state index is -0.958. The van der Waals surface area contributed by atoms with E-state index in [9.17, 15) is 9.59 Å². The normalized spacial score (nSPS) is 12.1. The van der Waals surface area contributed by atoms with Crippen molar-refractivity contribution in [3.05, 3.63) is 0 Å². The maximum absolute atomic E-state index is 11.0. The monoisotopic (exact) mass is 233 g/mol. The highest BCUT2D eigenvalue weighted by Crippen LogP contribution is 2.06. The van der Waals surface area contributed by atoms with Crippen LogP contribution in [-0.4, -0.2) is 34.5 Å². The van der Waals surface area contributed by atoms with Crippen LogP contribution in [0.5, 0.6) is 0 Å². The van der Waals surface area contributed by atoms with E-state index in [-0.39, 0.29) is 5.91 Å². The van der Waals surface area contributed by atoms with Gasteiger partial charge < -0.3 is 10.4 Å². The average molecular weight is 233 g/mol. The number of carbonyl (C=O) groups excluding carboxylic acids is 1. The number of hydrogen-bond donors (Lipinski definition) is 2. The highest BCUT2D eigenvalue weighted by atomic mass is 32.2. The third kappa shape index (κ3) is 7.25. The second-order valence-corrected chi connectivity index (χ2v) is 4.39. The summed E-state index contributed by atoms with van der Waals surface area (Å²) in [5.41, 5.74) is 0. The van der Waals surface area contributed by atoms with Crippen LogP contribution in [0.1, 0.15) is 33.1 Å². The molecule has 1 amide bonds. The molecule has 1 atom stereocenters. The Morgan fingerprint density at radius 3 is 2.53 bits per heavy atom. The van der Waals surface area contributed by atoms with Gasteiger partial charge in [0.1, 0.15) is 6.04 Å². The van der Waals surface area contributed by atoms with E-state index in [1.807, 2.05) is 0 Å². The smallest absolute Gasteiger partial charge is 0.327 e. The fourth-order valence-electron chi connectivity index (χ4n) is 0.919. The molecule has 0 saturated carbocycles. The number of rotatable bonds is 8. The van der Waals surface area contributed by atoms with Gasteiger partial charge in [-0.3, -0.25) is 4.79 Å². The first kappa shape index (κ1) is 14.3. The van der Waals surface area contributed by atoms with Crippen LogP contribution in [0.15, 0.2) is 0 Å². The van der Waals surface area contributed by atoms with Gasteiger partial charge in [-0.15, -0.1) is 0 Å². The molecule has 0 aromatic rings. The van der Waals surface area contributed by atoms with Crippen molar-refractivity contribution >= 4 is 23.6 Å². The Kier molecular flexibility index (Phi) is 8.18. The number of unbranched alkanes of at least 4 members (excludes halogenated alkanes) is 1. The molecule has 0 heterocycles. The van der Waals surface area contributed by atoms with E-state index in [1.54, 1.807) is 18.7 Å². The summed E-state index contributed by atoms with van der Waals surface area (Å²) in [4.78, 5) is 21.8. The molecule has 5 heteroatoms. The first-order valence-corrected chi connectivity index (χ1v) is 6.37. The highest BCUT2D eigenvalue weighted by molar-refractivity contribution is 7.99. The minimum absolute atomic E-state index is 0.210. The molecule has 0 spiro atoms. The van der Waals surface area contributed by atoms with Gasteiger partial charge in [0.05, 0.1) is 0 Å². The topological polar surface area (TPSA) is 66.4 Å². The molecule has 4 nitrogen and oxygen atoms in total. The van der Waals surface area contributed by atoms with Crippen LogP contribution in [0.25, 0.3) is 0 Å². The zero-order valence-electron chi connectivity index (χ0n) is 9.28. The summed E-state index contributed by atoms with van der Waals surface area (Å²) < 4.78 is 0. The number of carboxylic acid groups (broad SMARTS) is 1. The second kappa shape index (κ2) is 8.59. The van der Waals surface area contributed by atoms with E-state index >= 15 is 0 Å². The van der Waals surface area contributed by atoms with Gasteiger partial charge in [-0.05, 0) is 12.2 Å². The number of thioether (sulfide) groups is 1. The predicted molar refractivity (Wildman–Crippen MR) is 62.1 cm³/mol. The van der Waals surface area contributed by atoms with E-state index in [2.05, 4.69) is 12.2 Å². The Hall–Kier alpha value is -0.710. The summed E-state index contributed by atoms with van der Waals surface area (Å²) in [6.07, 6.45) is 2.51. The Bertz CT molecular complexity index is 209. The number of aliphatic carboxylic acids is 1. The molecular weight excluding hydrogens is 214 g/mol. The molecular formula is C10H19NO3S. The SMILES string of the molecule is CCCCSCC(NC(=O)CC)C(=O)O. The van der Waals surface area contributed by atoms with Crippen molar-refractivity contribution in [3.63, 3.8) is 0 Å². The van der Waals surface area contributed by atoms with Crippen LogP contribution in [-0.2, 0) is 9.59 Å². The lowest BCUT2D eigenvalue weighted by molar-refractivity contribution is -0.141. The fourth-order valence-corrected chi connectivity index (χ4v) is 2.04. The van der Waals surface area contributed by atoms with E-state index in [0.717, 1.165) is 18.6 Å². The Morgan fingerprint density at radius 1 is 1.40 bits per heavy atom. The highest BCUT2D eigenvalue weighted by Gasteiger charge is 2.18. The van der Waals surface area contributed by atoms with Crippen molar-refractivity contribution in [2.75, 3.05) is 11.5 Å². The predicted octanol–water partition coefficient (Wildman–Crippen LogP) is 1.50. The lowest BCUT2D eigenvalue weighted by atomic mass is 10.3. The van der Waals surface area contributed by atoms with Gasteiger partial charge in [0.25, 0.3) is 0 Å². The van der Waals surface area contributed by atoms with Crippen LogP contribution in [0.3, 0.4) is 0 Å². The molecule has 0 saturated heterocycles. The molecule has 0 radical (unpaired) electrons. The van der Waals surface area contributed by atoms with Gasteiger partial charge in [0.2, 0.25) is 5.91 Å². The third-order valence-electron chi connectivity index (χ3n) is 1.88. The van der Waals surface area contributed by atoms with Gasteiger partial charge in [0.15, 0.2) is 0 Å². The summed E-state index contributed by atoms with van der Waals surface area (Å²) in [5, 5.41) is 11.3. The van der Waals surface area contributed by atoms with Crippen LogP contribution in [0.2, 0.25) is 0 Å². The molecule has 0 bridgehead atoms. The second-order valence-electron chi connectivity index (χ2n) is 3.24. The van der Waals surface area contributed by atoms with E-state index < -0.39 is 12.0 Å². The van der Waals surface area contributed by atoms with Gasteiger partial charge in [-0.1, -0.05) is 20.3 Å². The Morgan fingerprint density at radius 2 is 2.07 bits per heavy atom. The lowest BCUT2D eigenvalue weighted by Crippen LogP contribution is -2.42. The fraction of sp³-hybridized carbons (Fsp3) is 0.800. The molecule has 0 aromatic carbocycles. The molecule has 0 aromatic heterocycles. The molecule has 0 fully saturated rings. The first-order valence-electron chi connectivity index (χ1n) is 5.21. The maximum Gasteiger partial charge on any atom is 0.327 e. The lowest BCUT2D eigenvalue weighted by Gasteiger charge is -2.13. The molecule has 0 aliphatic heterocycles. The number of amides is 1. The van der Waals surface area contributed by atoms with Crippen LogP contribution in [0, 0.1) is 0 Å².